The Morgan fingerprint density at radius 3 is 2.54 bits per heavy atom. The van der Waals surface area contributed by atoms with Gasteiger partial charge in [0, 0.05) is 18.5 Å². The fraction of sp³-hybridized carbons (Fsp3) is 0.304. The van der Waals surface area contributed by atoms with E-state index in [9.17, 15) is 0 Å². The van der Waals surface area contributed by atoms with Gasteiger partial charge in [-0.1, -0.05) is 66.7 Å². The largest absolute Gasteiger partial charge is 0.492 e. The fourth-order valence-electron chi connectivity index (χ4n) is 3.64. The minimum atomic E-state index is 0.128. The first-order chi connectivity index (χ1) is 12.6. The molecule has 3 aromatic rings. The van der Waals surface area contributed by atoms with E-state index in [4.69, 9.17) is 4.74 Å². The Bertz CT molecular complexity index is 872. The van der Waals surface area contributed by atoms with E-state index < -0.39 is 0 Å². The first kappa shape index (κ1) is 17.4. The number of benzene rings is 3. The number of hydrogen-bond acceptors (Lipinski definition) is 3. The maximum absolute atomic E-state index is 6.25. The third kappa shape index (κ3) is 3.74. The highest BCUT2D eigenvalue weighted by Gasteiger charge is 2.39. The number of thioether (sulfide) groups is 1. The van der Waals surface area contributed by atoms with E-state index in [1.807, 2.05) is 11.8 Å². The van der Waals surface area contributed by atoms with Crippen molar-refractivity contribution >= 4 is 22.5 Å². The summed E-state index contributed by atoms with van der Waals surface area (Å²) in [4.78, 5) is 2.69. The van der Waals surface area contributed by atoms with Crippen LogP contribution in [0.4, 0.5) is 0 Å². The van der Waals surface area contributed by atoms with Crippen LogP contribution in [0, 0.1) is 0 Å². The van der Waals surface area contributed by atoms with Crippen LogP contribution in [0.15, 0.2) is 72.8 Å². The first-order valence-corrected chi connectivity index (χ1v) is 10.1. The molecular formula is C23H25NOS. The van der Waals surface area contributed by atoms with Gasteiger partial charge in [-0.3, -0.25) is 4.90 Å². The summed E-state index contributed by atoms with van der Waals surface area (Å²) in [6.45, 7) is 7.42. The monoisotopic (exact) mass is 363 g/mol. The molecule has 0 bridgehead atoms. The molecule has 3 aromatic carbocycles. The number of nitrogens with zero attached hydrogens (tertiary/aromatic N) is 1. The van der Waals surface area contributed by atoms with Crippen LogP contribution >= 0.6 is 11.8 Å². The average Bonchev–Trinajstić information content (AvgIpc) is 2.94. The van der Waals surface area contributed by atoms with Gasteiger partial charge in [0.05, 0.1) is 10.1 Å². The van der Waals surface area contributed by atoms with E-state index in [2.05, 4.69) is 91.5 Å². The summed E-state index contributed by atoms with van der Waals surface area (Å²) in [6, 6.07) is 25.4. The van der Waals surface area contributed by atoms with Crippen LogP contribution in [-0.4, -0.2) is 28.2 Å². The third-order valence-electron chi connectivity index (χ3n) is 5.03. The second-order valence-electron chi connectivity index (χ2n) is 7.34. The molecule has 26 heavy (non-hydrogen) atoms. The molecule has 1 unspecified atom stereocenters. The molecule has 1 aliphatic heterocycles. The van der Waals surface area contributed by atoms with Crippen molar-refractivity contribution in [3.05, 3.63) is 78.4 Å². The van der Waals surface area contributed by atoms with Crippen LogP contribution in [0.25, 0.3) is 10.8 Å². The maximum Gasteiger partial charge on any atom is 0.127 e. The number of fused-ring (bicyclic) bond motifs is 1. The lowest BCUT2D eigenvalue weighted by Gasteiger charge is -2.30. The molecular weight excluding hydrogens is 338 g/mol. The summed E-state index contributed by atoms with van der Waals surface area (Å²) in [5.74, 6) is 0.989. The molecule has 2 nitrogen and oxygen atoms in total. The van der Waals surface area contributed by atoms with Gasteiger partial charge in [0.2, 0.25) is 0 Å². The molecule has 0 saturated carbocycles. The molecule has 1 aliphatic rings. The van der Waals surface area contributed by atoms with E-state index in [1.165, 1.54) is 16.3 Å². The van der Waals surface area contributed by atoms with Crippen LogP contribution in [0.1, 0.15) is 19.4 Å². The van der Waals surface area contributed by atoms with E-state index >= 15 is 0 Å². The average molecular weight is 364 g/mol. The van der Waals surface area contributed by atoms with Crippen molar-refractivity contribution in [1.82, 2.24) is 4.90 Å². The molecule has 0 N–H and O–H groups in total. The zero-order chi connectivity index (χ0) is 18.0. The highest BCUT2D eigenvalue weighted by Crippen LogP contribution is 2.41. The lowest BCUT2D eigenvalue weighted by atomic mass is 10.1. The van der Waals surface area contributed by atoms with Crippen LogP contribution in [0.2, 0.25) is 0 Å². The van der Waals surface area contributed by atoms with E-state index in [0.717, 1.165) is 25.4 Å². The predicted molar refractivity (Wildman–Crippen MR) is 112 cm³/mol. The van der Waals surface area contributed by atoms with Gasteiger partial charge < -0.3 is 4.74 Å². The third-order valence-corrected chi connectivity index (χ3v) is 6.48. The molecule has 134 valence electrons. The zero-order valence-electron chi connectivity index (χ0n) is 15.4. The topological polar surface area (TPSA) is 12.5 Å². The first-order valence-electron chi connectivity index (χ1n) is 9.19. The van der Waals surface area contributed by atoms with Gasteiger partial charge in [0.25, 0.3) is 0 Å². The Hall–Kier alpha value is -1.97. The van der Waals surface area contributed by atoms with Crippen LogP contribution in [0.5, 0.6) is 5.75 Å². The van der Waals surface area contributed by atoms with Crippen molar-refractivity contribution in [2.45, 2.75) is 30.5 Å². The lowest BCUT2D eigenvalue weighted by Crippen LogP contribution is -2.36. The van der Waals surface area contributed by atoms with Crippen LogP contribution in [0.3, 0.4) is 0 Å². The summed E-state index contributed by atoms with van der Waals surface area (Å²) in [6.07, 6.45) is 0. The van der Waals surface area contributed by atoms with Gasteiger partial charge in [-0.15, -0.1) is 11.8 Å². The summed E-state index contributed by atoms with van der Waals surface area (Å²) < 4.78 is 6.25. The molecule has 1 atom stereocenters. The second-order valence-corrected chi connectivity index (χ2v) is 9.24. The molecule has 1 saturated heterocycles. The Morgan fingerprint density at radius 2 is 1.69 bits per heavy atom. The summed E-state index contributed by atoms with van der Waals surface area (Å²) in [5.41, 5.74) is 1.37. The van der Waals surface area contributed by atoms with Gasteiger partial charge >= 0.3 is 0 Å². The summed E-state index contributed by atoms with van der Waals surface area (Å²) in [5, 5.41) is 2.90. The maximum atomic E-state index is 6.25. The Balaban J connectivity index is 1.43. The van der Waals surface area contributed by atoms with E-state index in [1.54, 1.807) is 0 Å². The second kappa shape index (κ2) is 7.34. The van der Waals surface area contributed by atoms with Crippen molar-refractivity contribution in [2.24, 2.45) is 0 Å². The minimum Gasteiger partial charge on any atom is -0.492 e. The Morgan fingerprint density at radius 1 is 0.962 bits per heavy atom. The smallest absolute Gasteiger partial charge is 0.127 e. The molecule has 3 heteroatoms. The standard InChI is InChI=1S/C23H25NOS/c1-23(2)24(15-18-9-4-3-5-10-18)16-20(26-23)17-25-22-14-8-12-19-11-6-7-13-21(19)22/h3-14,20H,15-17H2,1-2H3. The summed E-state index contributed by atoms with van der Waals surface area (Å²) >= 11 is 2.02. The van der Waals surface area contributed by atoms with Gasteiger partial charge in [-0.05, 0) is 30.9 Å². The molecule has 0 radical (unpaired) electrons. The molecule has 1 fully saturated rings. The fourth-order valence-corrected chi connectivity index (χ4v) is 5.13. The van der Waals surface area contributed by atoms with E-state index in [0.29, 0.717) is 5.25 Å². The number of ether oxygens (including phenoxy) is 1. The Kier molecular flexibility index (Phi) is 4.92. The molecule has 0 amide bonds. The van der Waals surface area contributed by atoms with Crippen molar-refractivity contribution in [3.8, 4) is 5.75 Å². The van der Waals surface area contributed by atoms with Crippen molar-refractivity contribution < 1.29 is 4.74 Å². The van der Waals surface area contributed by atoms with Crippen molar-refractivity contribution in [1.29, 1.82) is 0 Å². The number of hydrogen-bond donors (Lipinski definition) is 0. The van der Waals surface area contributed by atoms with Gasteiger partial charge in [-0.25, -0.2) is 0 Å². The molecule has 0 spiro atoms. The zero-order valence-corrected chi connectivity index (χ0v) is 16.2. The predicted octanol–water partition coefficient (Wildman–Crippen LogP) is 5.57. The number of rotatable bonds is 5. The van der Waals surface area contributed by atoms with Gasteiger partial charge in [0.15, 0.2) is 0 Å². The quantitative estimate of drug-likeness (QED) is 0.588. The van der Waals surface area contributed by atoms with Gasteiger partial charge in [-0.2, -0.15) is 0 Å². The molecule has 1 heterocycles. The highest BCUT2D eigenvalue weighted by molar-refractivity contribution is 8.01. The van der Waals surface area contributed by atoms with Crippen LogP contribution < -0.4 is 4.74 Å². The molecule has 0 aromatic heterocycles. The van der Waals surface area contributed by atoms with Crippen molar-refractivity contribution in [2.75, 3.05) is 13.2 Å². The molecule has 4 rings (SSSR count). The lowest BCUT2D eigenvalue weighted by molar-refractivity contribution is 0.197. The van der Waals surface area contributed by atoms with Gasteiger partial charge in [0.1, 0.15) is 12.4 Å². The SMILES string of the molecule is CC1(C)SC(COc2cccc3ccccc23)CN1Cc1ccccc1. The highest BCUT2D eigenvalue weighted by atomic mass is 32.2. The van der Waals surface area contributed by atoms with Crippen LogP contribution in [-0.2, 0) is 6.54 Å². The Labute approximate surface area is 160 Å². The minimum absolute atomic E-state index is 0.128. The molecule has 0 aliphatic carbocycles. The summed E-state index contributed by atoms with van der Waals surface area (Å²) in [7, 11) is 0. The van der Waals surface area contributed by atoms with E-state index in [-0.39, 0.29) is 4.87 Å². The van der Waals surface area contributed by atoms with Crippen molar-refractivity contribution in [3.63, 3.8) is 0 Å². The normalized spacial score (nSPS) is 19.7.